The Bertz CT molecular complexity index is 378. The van der Waals surface area contributed by atoms with Gasteiger partial charge < -0.3 is 15.9 Å². The molecule has 72 valence electrons. The molecule has 0 radical (unpaired) electrons. The molecule has 0 atom stereocenters. The third-order valence-electron chi connectivity index (χ3n) is 1.54. The fraction of sp³-hybridized carbons (Fsp3) is 0. The fourth-order valence-corrected chi connectivity index (χ4v) is 0.987. The summed E-state index contributed by atoms with van der Waals surface area (Å²) in [7, 11) is 0. The Morgan fingerprint density at radius 1 is 1.14 bits per heavy atom. The van der Waals surface area contributed by atoms with Crippen LogP contribution in [0, 0.1) is 0 Å². The van der Waals surface area contributed by atoms with Crippen molar-refractivity contribution in [1.29, 1.82) is 0 Å². The van der Waals surface area contributed by atoms with Crippen molar-refractivity contribution in [2.45, 2.75) is 0 Å². The normalized spacial score (nSPS) is 8.86. The molecule has 0 amide bonds. The number of carboxylic acids is 2. The summed E-state index contributed by atoms with van der Waals surface area (Å²) in [6, 6.07) is 3.93. The van der Waals surface area contributed by atoms with Gasteiger partial charge in [0.25, 0.3) is 0 Å². The van der Waals surface area contributed by atoms with Gasteiger partial charge in [-0.3, -0.25) is 0 Å². The molecule has 1 aromatic rings. The summed E-state index contributed by atoms with van der Waals surface area (Å²) in [4.78, 5) is 21.2. The summed E-state index contributed by atoms with van der Waals surface area (Å²) in [5.74, 6) is -2.64. The molecule has 0 aromatic heterocycles. The van der Waals surface area contributed by atoms with E-state index < -0.39 is 11.9 Å². The number of rotatable bonds is 2. The third-order valence-corrected chi connectivity index (χ3v) is 1.54. The van der Waals surface area contributed by atoms with Crippen molar-refractivity contribution in [2.75, 3.05) is 5.73 Å². The third kappa shape index (κ3) is 2.34. The van der Waals surface area contributed by atoms with E-state index in [4.69, 9.17) is 15.9 Å². The maximum absolute atomic E-state index is 10.6. The van der Waals surface area contributed by atoms with Crippen molar-refractivity contribution in [3.05, 3.63) is 29.3 Å². The molecular weight excluding hydrogens is 222 g/mol. The molecule has 6 heteroatoms. The van der Waals surface area contributed by atoms with Crippen LogP contribution in [-0.2, 0) is 21.7 Å². The minimum atomic E-state index is -1.34. The number of carbonyl (C=O) groups is 2. The first-order chi connectivity index (χ1) is 6.04. The van der Waals surface area contributed by atoms with Crippen LogP contribution in [0.4, 0.5) is 5.69 Å². The van der Waals surface area contributed by atoms with Crippen LogP contribution in [0.2, 0.25) is 0 Å². The van der Waals surface area contributed by atoms with E-state index in [0.717, 1.165) is 0 Å². The van der Waals surface area contributed by atoms with Crippen molar-refractivity contribution in [3.8, 4) is 0 Å². The van der Waals surface area contributed by atoms with E-state index in [1.165, 1.54) is 18.2 Å². The Labute approximate surface area is 94.4 Å². The predicted molar refractivity (Wildman–Crippen MR) is 44.8 cm³/mol. The second kappa shape index (κ2) is 4.78. The first kappa shape index (κ1) is 12.7. The van der Waals surface area contributed by atoms with E-state index in [9.17, 15) is 9.59 Å². The van der Waals surface area contributed by atoms with Gasteiger partial charge in [0.1, 0.15) is 0 Å². The molecule has 0 saturated carbocycles. The molecule has 0 bridgehead atoms. The van der Waals surface area contributed by atoms with Crippen LogP contribution in [0.5, 0.6) is 0 Å². The molecule has 0 aliphatic heterocycles. The first-order valence-corrected chi connectivity index (χ1v) is 3.39. The van der Waals surface area contributed by atoms with Gasteiger partial charge in [-0.15, -0.1) is 0 Å². The smallest absolute Gasteiger partial charge is 0.338 e. The summed E-state index contributed by atoms with van der Waals surface area (Å²) >= 11 is 0. The molecule has 1 rings (SSSR count). The number of hydrogen-bond acceptors (Lipinski definition) is 3. The van der Waals surface area contributed by atoms with Crippen LogP contribution < -0.4 is 5.73 Å². The SMILES string of the molecule is Nc1cccc(C(=O)O)c1C(=O)O.[Ti]. The molecule has 5 nitrogen and oxygen atoms in total. The molecular formula is C8H7NO4Ti. The van der Waals surface area contributed by atoms with Gasteiger partial charge in [0.2, 0.25) is 0 Å². The zero-order valence-electron chi connectivity index (χ0n) is 7.02. The molecule has 0 heterocycles. The van der Waals surface area contributed by atoms with Crippen LogP contribution in [-0.4, -0.2) is 22.2 Å². The Balaban J connectivity index is 0.00000169. The Morgan fingerprint density at radius 2 is 1.71 bits per heavy atom. The van der Waals surface area contributed by atoms with Crippen LogP contribution >= 0.6 is 0 Å². The topological polar surface area (TPSA) is 101 Å². The first-order valence-electron chi connectivity index (χ1n) is 3.39. The monoisotopic (exact) mass is 229 g/mol. The standard InChI is InChI=1S/C8H7NO4.Ti/c9-5-3-1-2-4(7(10)11)6(5)8(12)13;/h1-3H,9H2,(H,10,11)(H,12,13);. The van der Waals surface area contributed by atoms with Crippen molar-refractivity contribution in [2.24, 2.45) is 0 Å². The molecule has 1 aromatic carbocycles. The average molecular weight is 229 g/mol. The summed E-state index contributed by atoms with van der Waals surface area (Å²) in [5, 5.41) is 17.3. The Hall–Kier alpha value is -1.33. The zero-order valence-corrected chi connectivity index (χ0v) is 8.58. The van der Waals surface area contributed by atoms with Crippen LogP contribution in [0.1, 0.15) is 20.7 Å². The predicted octanol–water partition coefficient (Wildman–Crippen LogP) is 0.663. The number of nitrogen functional groups attached to an aromatic ring is 1. The summed E-state index contributed by atoms with van der Waals surface area (Å²) in [6.07, 6.45) is 0. The minimum Gasteiger partial charge on any atom is -0.478 e. The molecule has 0 spiro atoms. The molecule has 14 heavy (non-hydrogen) atoms. The van der Waals surface area contributed by atoms with Gasteiger partial charge in [0.15, 0.2) is 0 Å². The van der Waals surface area contributed by atoms with E-state index in [2.05, 4.69) is 0 Å². The van der Waals surface area contributed by atoms with Crippen LogP contribution in [0.3, 0.4) is 0 Å². The number of aromatic carboxylic acids is 2. The maximum atomic E-state index is 10.6. The average Bonchev–Trinajstić information content (AvgIpc) is 2.02. The van der Waals surface area contributed by atoms with Gasteiger partial charge in [-0.25, -0.2) is 9.59 Å². The van der Waals surface area contributed by atoms with Crippen molar-refractivity contribution in [3.63, 3.8) is 0 Å². The summed E-state index contributed by atoms with van der Waals surface area (Å²) in [6.45, 7) is 0. The molecule has 0 aliphatic rings. The van der Waals surface area contributed by atoms with E-state index in [1.54, 1.807) is 0 Å². The second-order valence-electron chi connectivity index (χ2n) is 2.38. The van der Waals surface area contributed by atoms with E-state index in [1.807, 2.05) is 0 Å². The number of benzene rings is 1. The van der Waals surface area contributed by atoms with Gasteiger partial charge in [-0.2, -0.15) is 0 Å². The van der Waals surface area contributed by atoms with E-state index in [0.29, 0.717) is 0 Å². The Kier molecular flexibility index (Phi) is 4.33. The number of anilines is 1. The molecule has 0 aliphatic carbocycles. The van der Waals surface area contributed by atoms with Gasteiger partial charge in [0.05, 0.1) is 11.1 Å². The van der Waals surface area contributed by atoms with Crippen molar-refractivity contribution < 1.29 is 41.5 Å². The van der Waals surface area contributed by atoms with Crippen LogP contribution in [0.25, 0.3) is 0 Å². The van der Waals surface area contributed by atoms with Gasteiger partial charge in [-0.05, 0) is 12.1 Å². The van der Waals surface area contributed by atoms with Gasteiger partial charge >= 0.3 is 11.9 Å². The Morgan fingerprint density at radius 3 is 2.07 bits per heavy atom. The summed E-state index contributed by atoms with van der Waals surface area (Å²) in [5.41, 5.74) is 4.60. The fourth-order valence-electron chi connectivity index (χ4n) is 0.987. The second-order valence-corrected chi connectivity index (χ2v) is 2.38. The van der Waals surface area contributed by atoms with Gasteiger partial charge in [0, 0.05) is 27.4 Å². The largest absolute Gasteiger partial charge is 0.478 e. The number of carboxylic acid groups (broad SMARTS) is 2. The number of hydrogen-bond donors (Lipinski definition) is 3. The zero-order chi connectivity index (χ0) is 10.0. The quantitative estimate of drug-likeness (QED) is 0.510. The van der Waals surface area contributed by atoms with E-state index in [-0.39, 0.29) is 38.5 Å². The molecule has 0 saturated heterocycles. The molecule has 0 fully saturated rings. The van der Waals surface area contributed by atoms with Crippen molar-refractivity contribution >= 4 is 17.6 Å². The van der Waals surface area contributed by atoms with E-state index >= 15 is 0 Å². The minimum absolute atomic E-state index is 0. The number of nitrogens with two attached hydrogens (primary N) is 1. The molecule has 4 N–H and O–H groups in total. The van der Waals surface area contributed by atoms with Gasteiger partial charge in [-0.1, -0.05) is 6.07 Å². The maximum Gasteiger partial charge on any atom is 0.338 e. The van der Waals surface area contributed by atoms with Crippen LogP contribution in [0.15, 0.2) is 18.2 Å². The van der Waals surface area contributed by atoms with Crippen molar-refractivity contribution in [1.82, 2.24) is 0 Å². The molecule has 0 unspecified atom stereocenters. The summed E-state index contributed by atoms with van der Waals surface area (Å²) < 4.78 is 0.